The zero-order chi connectivity index (χ0) is 10.8. The number of methoxy groups -OCH3 is 1. The Labute approximate surface area is 85.5 Å². The first-order valence-corrected chi connectivity index (χ1v) is 4.96. The van der Waals surface area contributed by atoms with Gasteiger partial charge in [0.05, 0.1) is 19.1 Å². The van der Waals surface area contributed by atoms with Gasteiger partial charge < -0.3 is 14.2 Å². The number of esters is 1. The number of rotatable bonds is 8. The number of hydrogen-bond donors (Lipinski definition) is 0. The van der Waals surface area contributed by atoms with Crippen molar-refractivity contribution in [3.05, 3.63) is 0 Å². The van der Waals surface area contributed by atoms with Gasteiger partial charge in [-0.2, -0.15) is 0 Å². The molecular weight excluding hydrogens is 184 g/mol. The minimum Gasteiger partial charge on any atom is -0.466 e. The molecule has 0 fully saturated rings. The molecule has 4 heteroatoms. The zero-order valence-electron chi connectivity index (χ0n) is 9.25. The second kappa shape index (κ2) is 8.97. The van der Waals surface area contributed by atoms with Crippen molar-refractivity contribution in [2.24, 2.45) is 0 Å². The van der Waals surface area contributed by atoms with Gasteiger partial charge in [-0.1, -0.05) is 0 Å². The van der Waals surface area contributed by atoms with E-state index in [0.29, 0.717) is 26.2 Å². The average Bonchev–Trinajstić information content (AvgIpc) is 2.13. The van der Waals surface area contributed by atoms with E-state index in [1.54, 1.807) is 14.0 Å². The molecule has 0 radical (unpaired) electrons. The Balaban J connectivity index is 3.35. The normalized spacial score (nSPS) is 12.5. The molecule has 0 N–H and O–H groups in total. The van der Waals surface area contributed by atoms with Crippen molar-refractivity contribution >= 4 is 5.97 Å². The molecule has 0 bridgehead atoms. The predicted molar refractivity (Wildman–Crippen MR) is 53.2 cm³/mol. The summed E-state index contributed by atoms with van der Waals surface area (Å²) in [6, 6.07) is 0. The van der Waals surface area contributed by atoms with Gasteiger partial charge in [-0.05, 0) is 20.3 Å². The molecule has 0 saturated heterocycles. The van der Waals surface area contributed by atoms with Crippen molar-refractivity contribution in [2.75, 3.05) is 26.9 Å². The van der Waals surface area contributed by atoms with E-state index in [4.69, 9.17) is 14.2 Å². The molecule has 0 aliphatic heterocycles. The van der Waals surface area contributed by atoms with E-state index in [1.807, 2.05) is 6.92 Å². The molecule has 1 atom stereocenters. The fourth-order valence-corrected chi connectivity index (χ4v) is 1.00. The Hall–Kier alpha value is -0.610. The van der Waals surface area contributed by atoms with Gasteiger partial charge in [-0.3, -0.25) is 4.79 Å². The summed E-state index contributed by atoms with van der Waals surface area (Å²) in [5, 5.41) is 0. The molecular formula is C10H20O4. The van der Waals surface area contributed by atoms with Crippen LogP contribution < -0.4 is 0 Å². The fourth-order valence-electron chi connectivity index (χ4n) is 1.00. The van der Waals surface area contributed by atoms with Crippen LogP contribution in [0.3, 0.4) is 0 Å². The summed E-state index contributed by atoms with van der Waals surface area (Å²) in [6.45, 7) is 5.39. The number of carbonyl (C=O) groups excluding carboxylic acids is 1. The van der Waals surface area contributed by atoms with Gasteiger partial charge in [0.15, 0.2) is 0 Å². The smallest absolute Gasteiger partial charge is 0.308 e. The third-order valence-electron chi connectivity index (χ3n) is 1.65. The summed E-state index contributed by atoms with van der Waals surface area (Å²) in [7, 11) is 1.65. The van der Waals surface area contributed by atoms with Crippen molar-refractivity contribution in [1.29, 1.82) is 0 Å². The molecule has 0 aromatic carbocycles. The maximum atomic E-state index is 11.0. The lowest BCUT2D eigenvalue weighted by Crippen LogP contribution is -2.17. The van der Waals surface area contributed by atoms with E-state index < -0.39 is 0 Å². The summed E-state index contributed by atoms with van der Waals surface area (Å²) >= 11 is 0. The summed E-state index contributed by atoms with van der Waals surface area (Å²) in [5.41, 5.74) is 0. The van der Waals surface area contributed by atoms with E-state index in [9.17, 15) is 4.79 Å². The average molecular weight is 204 g/mol. The van der Waals surface area contributed by atoms with Gasteiger partial charge in [0, 0.05) is 20.3 Å². The quantitative estimate of drug-likeness (QED) is 0.442. The molecule has 14 heavy (non-hydrogen) atoms. The Morgan fingerprint density at radius 2 is 2.07 bits per heavy atom. The molecule has 0 rings (SSSR count). The standard InChI is InChI=1S/C10H20O4/c1-4-13-10(11)8-9(2)14-7-5-6-12-3/h9H,4-8H2,1-3H3. The van der Waals surface area contributed by atoms with E-state index in [-0.39, 0.29) is 12.1 Å². The van der Waals surface area contributed by atoms with Crippen LogP contribution in [0.25, 0.3) is 0 Å². The Bertz CT molecular complexity index is 147. The van der Waals surface area contributed by atoms with Crippen LogP contribution in [-0.2, 0) is 19.0 Å². The summed E-state index contributed by atoms with van der Waals surface area (Å²) in [4.78, 5) is 11.0. The van der Waals surface area contributed by atoms with Gasteiger partial charge >= 0.3 is 5.97 Å². The van der Waals surface area contributed by atoms with Gasteiger partial charge in [0.25, 0.3) is 0 Å². The van der Waals surface area contributed by atoms with Crippen molar-refractivity contribution in [1.82, 2.24) is 0 Å². The SMILES string of the molecule is CCOC(=O)CC(C)OCCCOC. The van der Waals surface area contributed by atoms with Crippen molar-refractivity contribution in [3.8, 4) is 0 Å². The first-order valence-electron chi connectivity index (χ1n) is 4.96. The van der Waals surface area contributed by atoms with E-state index in [0.717, 1.165) is 6.42 Å². The summed E-state index contributed by atoms with van der Waals surface area (Å²) < 4.78 is 15.0. The highest BCUT2D eigenvalue weighted by Crippen LogP contribution is 2.00. The van der Waals surface area contributed by atoms with Crippen LogP contribution >= 0.6 is 0 Å². The van der Waals surface area contributed by atoms with Crippen LogP contribution in [0.2, 0.25) is 0 Å². The molecule has 1 unspecified atom stereocenters. The summed E-state index contributed by atoms with van der Waals surface area (Å²) in [6.07, 6.45) is 1.09. The van der Waals surface area contributed by atoms with Crippen LogP contribution in [0, 0.1) is 0 Å². The van der Waals surface area contributed by atoms with Gasteiger partial charge in [-0.25, -0.2) is 0 Å². The molecule has 0 aliphatic rings. The minimum atomic E-state index is -0.202. The highest BCUT2D eigenvalue weighted by molar-refractivity contribution is 5.69. The van der Waals surface area contributed by atoms with E-state index >= 15 is 0 Å². The van der Waals surface area contributed by atoms with Crippen molar-refractivity contribution < 1.29 is 19.0 Å². The number of ether oxygens (including phenoxy) is 3. The van der Waals surface area contributed by atoms with Crippen LogP contribution in [0.1, 0.15) is 26.7 Å². The molecule has 0 spiro atoms. The van der Waals surface area contributed by atoms with E-state index in [2.05, 4.69) is 0 Å². The largest absolute Gasteiger partial charge is 0.466 e. The maximum absolute atomic E-state index is 11.0. The lowest BCUT2D eigenvalue weighted by Gasteiger charge is -2.11. The van der Waals surface area contributed by atoms with Crippen LogP contribution in [0.5, 0.6) is 0 Å². The Kier molecular flexibility index (Phi) is 8.57. The zero-order valence-corrected chi connectivity index (χ0v) is 9.25. The van der Waals surface area contributed by atoms with Crippen LogP contribution in [0.4, 0.5) is 0 Å². The van der Waals surface area contributed by atoms with Crippen molar-refractivity contribution in [3.63, 3.8) is 0 Å². The lowest BCUT2D eigenvalue weighted by atomic mass is 10.3. The molecule has 0 heterocycles. The third-order valence-corrected chi connectivity index (χ3v) is 1.65. The second-order valence-electron chi connectivity index (χ2n) is 3.04. The fraction of sp³-hybridized carbons (Fsp3) is 0.900. The Morgan fingerprint density at radius 3 is 2.64 bits per heavy atom. The molecule has 4 nitrogen and oxygen atoms in total. The summed E-state index contributed by atoms with van der Waals surface area (Å²) in [5.74, 6) is -0.202. The van der Waals surface area contributed by atoms with Crippen LogP contribution in [-0.4, -0.2) is 39.0 Å². The molecule has 0 aromatic rings. The van der Waals surface area contributed by atoms with E-state index in [1.165, 1.54) is 0 Å². The Morgan fingerprint density at radius 1 is 1.36 bits per heavy atom. The topological polar surface area (TPSA) is 44.8 Å². The van der Waals surface area contributed by atoms with Gasteiger partial charge in [-0.15, -0.1) is 0 Å². The van der Waals surface area contributed by atoms with Gasteiger partial charge in [0.2, 0.25) is 0 Å². The predicted octanol–water partition coefficient (Wildman–Crippen LogP) is 1.38. The van der Waals surface area contributed by atoms with Gasteiger partial charge in [0.1, 0.15) is 0 Å². The molecule has 0 amide bonds. The first-order chi connectivity index (χ1) is 6.70. The molecule has 0 saturated carbocycles. The maximum Gasteiger partial charge on any atom is 0.308 e. The monoisotopic (exact) mass is 204 g/mol. The van der Waals surface area contributed by atoms with Crippen molar-refractivity contribution in [2.45, 2.75) is 32.8 Å². The third kappa shape index (κ3) is 8.01. The highest BCUT2D eigenvalue weighted by atomic mass is 16.5. The molecule has 0 aromatic heterocycles. The first kappa shape index (κ1) is 13.4. The second-order valence-corrected chi connectivity index (χ2v) is 3.04. The number of carbonyl (C=O) groups is 1. The highest BCUT2D eigenvalue weighted by Gasteiger charge is 2.09. The molecule has 84 valence electrons. The molecule has 0 aliphatic carbocycles. The minimum absolute atomic E-state index is 0.0779. The number of hydrogen-bond acceptors (Lipinski definition) is 4. The van der Waals surface area contributed by atoms with Crippen LogP contribution in [0.15, 0.2) is 0 Å². The lowest BCUT2D eigenvalue weighted by molar-refractivity contribution is -0.146.